The normalized spacial score (nSPS) is 11.2. The Balaban J connectivity index is 2.53. The van der Waals surface area contributed by atoms with E-state index in [2.05, 4.69) is 6.07 Å². The summed E-state index contributed by atoms with van der Waals surface area (Å²) in [6.07, 6.45) is -4.37. The van der Waals surface area contributed by atoms with Crippen molar-refractivity contribution in [3.8, 4) is 28.4 Å². The minimum Gasteiger partial charge on any atom is -0.493 e. The summed E-state index contributed by atoms with van der Waals surface area (Å²) >= 11 is 0. The van der Waals surface area contributed by atoms with Crippen LogP contribution in [0, 0.1) is 6.07 Å². The van der Waals surface area contributed by atoms with E-state index in [-0.39, 0.29) is 0 Å². The molecule has 22 heavy (non-hydrogen) atoms. The molecule has 117 valence electrons. The molecular formula is C16H14F3O3. The smallest absolute Gasteiger partial charge is 0.416 e. The van der Waals surface area contributed by atoms with Gasteiger partial charge in [-0.25, -0.2) is 0 Å². The highest BCUT2D eigenvalue weighted by Gasteiger charge is 2.30. The van der Waals surface area contributed by atoms with E-state index >= 15 is 0 Å². The first-order valence-electron chi connectivity index (χ1n) is 6.30. The molecule has 2 aromatic carbocycles. The molecule has 0 amide bonds. The van der Waals surface area contributed by atoms with Gasteiger partial charge in [0, 0.05) is 5.56 Å². The fraction of sp³-hybridized carbons (Fsp3) is 0.250. The van der Waals surface area contributed by atoms with Crippen LogP contribution in [-0.4, -0.2) is 21.3 Å². The van der Waals surface area contributed by atoms with E-state index in [9.17, 15) is 13.2 Å². The lowest BCUT2D eigenvalue weighted by molar-refractivity contribution is -0.137. The van der Waals surface area contributed by atoms with E-state index in [0.29, 0.717) is 28.4 Å². The van der Waals surface area contributed by atoms with Crippen LogP contribution < -0.4 is 14.2 Å². The fourth-order valence-electron chi connectivity index (χ4n) is 2.07. The summed E-state index contributed by atoms with van der Waals surface area (Å²) in [7, 11) is 4.37. The lowest BCUT2D eigenvalue weighted by Crippen LogP contribution is -2.04. The van der Waals surface area contributed by atoms with Crippen molar-refractivity contribution in [2.24, 2.45) is 0 Å². The Morgan fingerprint density at radius 2 is 1.45 bits per heavy atom. The largest absolute Gasteiger partial charge is 0.493 e. The maximum Gasteiger partial charge on any atom is 0.416 e. The summed E-state index contributed by atoms with van der Waals surface area (Å²) in [5.41, 5.74) is 0.315. The fourth-order valence-corrected chi connectivity index (χ4v) is 2.07. The summed E-state index contributed by atoms with van der Waals surface area (Å²) in [4.78, 5) is 0. The quantitative estimate of drug-likeness (QED) is 0.847. The molecule has 6 heteroatoms. The third kappa shape index (κ3) is 2.95. The molecule has 0 bridgehead atoms. The van der Waals surface area contributed by atoms with E-state index in [1.807, 2.05) is 0 Å². The molecule has 1 radical (unpaired) electrons. The molecule has 0 fully saturated rings. The van der Waals surface area contributed by atoms with Crippen molar-refractivity contribution < 1.29 is 27.4 Å². The lowest BCUT2D eigenvalue weighted by Gasteiger charge is -2.16. The minimum atomic E-state index is -4.37. The van der Waals surface area contributed by atoms with Gasteiger partial charge in [0.2, 0.25) is 5.75 Å². The van der Waals surface area contributed by atoms with Gasteiger partial charge in [0.05, 0.1) is 26.9 Å². The zero-order valence-electron chi connectivity index (χ0n) is 12.2. The lowest BCUT2D eigenvalue weighted by atomic mass is 10.0. The molecule has 0 aliphatic rings. The average molecular weight is 311 g/mol. The monoisotopic (exact) mass is 311 g/mol. The number of hydrogen-bond donors (Lipinski definition) is 0. The van der Waals surface area contributed by atoms with Gasteiger partial charge in [-0.05, 0) is 29.8 Å². The first-order chi connectivity index (χ1) is 10.4. The van der Waals surface area contributed by atoms with Gasteiger partial charge in [-0.15, -0.1) is 0 Å². The summed E-state index contributed by atoms with van der Waals surface area (Å²) < 4.78 is 53.5. The first-order valence-corrected chi connectivity index (χ1v) is 6.30. The van der Waals surface area contributed by atoms with Gasteiger partial charge < -0.3 is 14.2 Å². The third-order valence-corrected chi connectivity index (χ3v) is 3.13. The summed E-state index contributed by atoms with van der Waals surface area (Å²) in [6.45, 7) is 0. The molecular weight excluding hydrogens is 297 g/mol. The molecule has 0 unspecified atom stereocenters. The third-order valence-electron chi connectivity index (χ3n) is 3.13. The molecule has 2 aromatic rings. The van der Waals surface area contributed by atoms with Crippen molar-refractivity contribution in [1.29, 1.82) is 0 Å². The van der Waals surface area contributed by atoms with E-state index < -0.39 is 11.7 Å². The van der Waals surface area contributed by atoms with Gasteiger partial charge in [0.25, 0.3) is 0 Å². The number of ether oxygens (including phenoxy) is 3. The Hall–Kier alpha value is -2.37. The van der Waals surface area contributed by atoms with Gasteiger partial charge in [-0.2, -0.15) is 13.2 Å². The standard InChI is InChI=1S/C16H14F3O3/c1-20-13-9-8-12(14(21-2)15(13)22-3)10-4-6-11(7-5-10)16(17,18)19/h4-7,9H,1-3H3. The Morgan fingerprint density at radius 1 is 0.864 bits per heavy atom. The van der Waals surface area contributed by atoms with Gasteiger partial charge >= 0.3 is 6.18 Å². The van der Waals surface area contributed by atoms with Crippen molar-refractivity contribution in [3.05, 3.63) is 42.0 Å². The van der Waals surface area contributed by atoms with Gasteiger partial charge in [0.1, 0.15) is 0 Å². The number of hydrogen-bond acceptors (Lipinski definition) is 3. The number of methoxy groups -OCH3 is 3. The second-order valence-electron chi connectivity index (χ2n) is 4.37. The van der Waals surface area contributed by atoms with Gasteiger partial charge in [0.15, 0.2) is 11.5 Å². The highest BCUT2D eigenvalue weighted by atomic mass is 19.4. The Bertz CT molecular complexity index is 649. The molecule has 0 heterocycles. The van der Waals surface area contributed by atoms with Crippen LogP contribution in [0.4, 0.5) is 13.2 Å². The highest BCUT2D eigenvalue weighted by molar-refractivity contribution is 5.75. The second-order valence-corrected chi connectivity index (χ2v) is 4.37. The zero-order valence-corrected chi connectivity index (χ0v) is 12.2. The molecule has 0 aliphatic heterocycles. The molecule has 2 rings (SSSR count). The van der Waals surface area contributed by atoms with Crippen LogP contribution in [0.1, 0.15) is 5.56 Å². The molecule has 0 saturated carbocycles. The number of halogens is 3. The van der Waals surface area contributed by atoms with Crippen molar-refractivity contribution in [2.75, 3.05) is 21.3 Å². The number of benzene rings is 2. The van der Waals surface area contributed by atoms with Crippen LogP contribution in [0.2, 0.25) is 0 Å². The summed E-state index contributed by atoms with van der Waals surface area (Å²) in [5, 5.41) is 0. The number of alkyl halides is 3. The molecule has 3 nitrogen and oxygen atoms in total. The summed E-state index contributed by atoms with van der Waals surface area (Å²) in [6, 6.07) is 9.25. The van der Waals surface area contributed by atoms with E-state index in [4.69, 9.17) is 14.2 Å². The predicted octanol–water partition coefficient (Wildman–Crippen LogP) is 4.20. The Kier molecular flexibility index (Phi) is 4.49. The molecule has 0 aliphatic carbocycles. The minimum absolute atomic E-state index is 0.349. The van der Waals surface area contributed by atoms with Crippen molar-refractivity contribution >= 4 is 0 Å². The van der Waals surface area contributed by atoms with Gasteiger partial charge in [-0.3, -0.25) is 0 Å². The Morgan fingerprint density at radius 3 is 1.91 bits per heavy atom. The van der Waals surface area contributed by atoms with Crippen molar-refractivity contribution in [1.82, 2.24) is 0 Å². The van der Waals surface area contributed by atoms with Crippen LogP contribution in [0.3, 0.4) is 0 Å². The Labute approximate surface area is 126 Å². The van der Waals surface area contributed by atoms with Crippen LogP contribution in [0.15, 0.2) is 30.3 Å². The van der Waals surface area contributed by atoms with Crippen LogP contribution in [0.25, 0.3) is 11.1 Å². The van der Waals surface area contributed by atoms with Crippen LogP contribution >= 0.6 is 0 Å². The molecule has 0 spiro atoms. The molecule has 0 atom stereocenters. The maximum absolute atomic E-state index is 12.6. The predicted molar refractivity (Wildman–Crippen MR) is 75.4 cm³/mol. The molecule has 0 N–H and O–H groups in total. The van der Waals surface area contributed by atoms with E-state index in [0.717, 1.165) is 12.1 Å². The topological polar surface area (TPSA) is 27.7 Å². The SMILES string of the molecule is COc1c[c]c(-c2ccc(C(F)(F)F)cc2)c(OC)c1OC. The van der Waals surface area contributed by atoms with Crippen LogP contribution in [0.5, 0.6) is 17.2 Å². The van der Waals surface area contributed by atoms with E-state index in [1.165, 1.54) is 33.5 Å². The highest BCUT2D eigenvalue weighted by Crippen LogP contribution is 2.44. The maximum atomic E-state index is 12.6. The second kappa shape index (κ2) is 6.17. The average Bonchev–Trinajstić information content (AvgIpc) is 2.52. The van der Waals surface area contributed by atoms with Gasteiger partial charge in [-0.1, -0.05) is 12.1 Å². The number of rotatable bonds is 4. The zero-order chi connectivity index (χ0) is 16.3. The summed E-state index contributed by atoms with van der Waals surface area (Å²) in [5.74, 6) is 1.13. The van der Waals surface area contributed by atoms with E-state index in [1.54, 1.807) is 6.07 Å². The molecule has 0 aromatic heterocycles. The molecule has 0 saturated heterocycles. The first kappa shape index (κ1) is 16.0. The van der Waals surface area contributed by atoms with Crippen LogP contribution in [-0.2, 0) is 6.18 Å². The van der Waals surface area contributed by atoms with Crippen molar-refractivity contribution in [2.45, 2.75) is 6.18 Å². The van der Waals surface area contributed by atoms with Crippen molar-refractivity contribution in [3.63, 3.8) is 0 Å².